The Labute approximate surface area is 266 Å². The van der Waals surface area contributed by atoms with Crippen LogP contribution in [0.15, 0.2) is 47.2 Å². The number of fused-ring (bicyclic) bond motifs is 3. The number of aliphatic hydroxyl groups is 4. The molecule has 2 fully saturated rings. The van der Waals surface area contributed by atoms with Gasteiger partial charge in [-0.1, -0.05) is 19.1 Å². The largest absolute Gasteiger partial charge is 0.508 e. The van der Waals surface area contributed by atoms with Gasteiger partial charge >= 0.3 is 0 Å². The number of aromatic hydroxyl groups is 1. The monoisotopic (exact) mass is 633 g/mol. The number of phenols is 1. The molecule has 6 atom stereocenters. The van der Waals surface area contributed by atoms with Crippen LogP contribution in [0.2, 0.25) is 0 Å². The number of nitrogens with zero attached hydrogens (tertiary/aromatic N) is 2. The molecule has 6 rings (SSSR count). The van der Waals surface area contributed by atoms with E-state index in [9.17, 15) is 39.9 Å². The molecule has 1 saturated carbocycles. The van der Waals surface area contributed by atoms with Crippen molar-refractivity contribution in [2.45, 2.75) is 50.0 Å². The summed E-state index contributed by atoms with van der Waals surface area (Å²) in [6, 6.07) is 7.48. The Hall–Kier alpha value is -4.23. The number of rotatable bonds is 6. The Morgan fingerprint density at radius 2 is 1.76 bits per heavy atom. The Morgan fingerprint density at radius 3 is 2.37 bits per heavy atom. The number of hydrogen-bond acceptors (Lipinski definition) is 11. The number of likely N-dealkylation sites (tertiary alicyclic amines) is 1. The van der Waals surface area contributed by atoms with E-state index >= 15 is 0 Å². The highest BCUT2D eigenvalue weighted by atomic mass is 16.5. The molecule has 0 radical (unpaired) electrons. The van der Waals surface area contributed by atoms with E-state index in [0.29, 0.717) is 22.4 Å². The summed E-state index contributed by atoms with van der Waals surface area (Å²) in [5.41, 5.74) is 3.71. The number of ketones is 2. The van der Waals surface area contributed by atoms with Crippen molar-refractivity contribution in [3.8, 4) is 22.6 Å². The van der Waals surface area contributed by atoms with E-state index < -0.39 is 75.6 Å². The fourth-order valence-corrected chi connectivity index (χ4v) is 8.20. The lowest BCUT2D eigenvalue weighted by Gasteiger charge is -2.53. The molecule has 1 saturated heterocycles. The quantitative estimate of drug-likeness (QED) is 0.254. The summed E-state index contributed by atoms with van der Waals surface area (Å²) >= 11 is 0. The number of primary amides is 1. The number of aliphatic hydroxyl groups excluding tert-OH is 3. The van der Waals surface area contributed by atoms with Crippen LogP contribution in [0, 0.1) is 11.8 Å². The summed E-state index contributed by atoms with van der Waals surface area (Å²) in [4.78, 5) is 43.7. The third-order valence-corrected chi connectivity index (χ3v) is 10.3. The number of carbonyl (C=O) groups excluding carboxylic acids is 3. The summed E-state index contributed by atoms with van der Waals surface area (Å²) in [5, 5.41) is 57.9. The second kappa shape index (κ2) is 11.2. The lowest BCUT2D eigenvalue weighted by molar-refractivity contribution is -0.169. The number of nitrogens with two attached hydrogens (primary N) is 1. The first-order chi connectivity index (χ1) is 21.7. The van der Waals surface area contributed by atoms with Crippen molar-refractivity contribution < 1.29 is 44.7 Å². The third kappa shape index (κ3) is 4.38. The highest BCUT2D eigenvalue weighted by molar-refractivity contribution is 6.24. The molecule has 1 amide bonds. The van der Waals surface area contributed by atoms with Gasteiger partial charge in [-0.2, -0.15) is 0 Å². The van der Waals surface area contributed by atoms with Gasteiger partial charge in [-0.25, -0.2) is 0 Å². The number of carbonyl (C=O) groups is 3. The van der Waals surface area contributed by atoms with Gasteiger partial charge < -0.3 is 36.0 Å². The maximum Gasteiger partial charge on any atom is 0.255 e. The Morgan fingerprint density at radius 1 is 1.09 bits per heavy atom. The second-order valence-corrected chi connectivity index (χ2v) is 13.0. The number of benzene rings is 2. The number of likely N-dealkylation sites (N-methyl/N-ethyl adjacent to an activating group) is 1. The standard InChI is InChI=1S/C34H39N3O9/c1-15-21-17(18-13-16(7-10-20(18)46-4)14-37-11-5-6-12-37)8-9-19(38)23(21)28(39)24-22(15)29(40)26-27(36(2)3)30(41)25(33(35)44)32(43)34(26,45)31(24)42/h7-10,13,15,22,26-27,29,38-40,43,45H,5-6,11-12,14H2,1-4H3,(H2,35,44)/t15-,22+,26+,27-,29-,34-/m1/s1. The molecule has 7 N–H and O–H groups in total. The molecular weight excluding hydrogens is 594 g/mol. The van der Waals surface area contributed by atoms with E-state index in [1.165, 1.54) is 32.2 Å². The van der Waals surface area contributed by atoms with Crippen LogP contribution < -0.4 is 10.5 Å². The second-order valence-electron chi connectivity index (χ2n) is 13.0. The number of Topliss-reactive ketones (excluding diaryl/α,β-unsaturated/α-hetero) is 2. The van der Waals surface area contributed by atoms with Gasteiger partial charge in [-0.3, -0.25) is 24.2 Å². The topological polar surface area (TPSA) is 194 Å². The average molecular weight is 634 g/mol. The van der Waals surface area contributed by atoms with E-state index in [1.54, 1.807) is 13.0 Å². The lowest BCUT2D eigenvalue weighted by atomic mass is 9.54. The van der Waals surface area contributed by atoms with Gasteiger partial charge in [0.15, 0.2) is 11.4 Å². The van der Waals surface area contributed by atoms with Gasteiger partial charge in [0.05, 0.1) is 30.7 Å². The number of ether oxygens (including phenoxy) is 1. The van der Waals surface area contributed by atoms with Crippen LogP contribution in [0.3, 0.4) is 0 Å². The van der Waals surface area contributed by atoms with Crippen molar-refractivity contribution >= 4 is 23.2 Å². The van der Waals surface area contributed by atoms with E-state index in [1.807, 2.05) is 18.2 Å². The Kier molecular flexibility index (Phi) is 7.75. The van der Waals surface area contributed by atoms with E-state index in [0.717, 1.165) is 38.0 Å². The summed E-state index contributed by atoms with van der Waals surface area (Å²) in [5.74, 6) is -8.84. The Balaban J connectivity index is 1.58. The zero-order chi connectivity index (χ0) is 33.4. The lowest BCUT2D eigenvalue weighted by Crippen LogP contribution is -2.70. The molecule has 2 aromatic carbocycles. The zero-order valence-electron chi connectivity index (χ0n) is 26.1. The van der Waals surface area contributed by atoms with Crippen molar-refractivity contribution in [3.63, 3.8) is 0 Å². The predicted octanol–water partition coefficient (Wildman–Crippen LogP) is 1.77. The fourth-order valence-electron chi connectivity index (χ4n) is 8.20. The van der Waals surface area contributed by atoms with Crippen LogP contribution in [-0.4, -0.2) is 105 Å². The first kappa shape index (κ1) is 31.7. The van der Waals surface area contributed by atoms with Crippen LogP contribution in [-0.2, 0) is 20.9 Å². The number of methoxy groups -OCH3 is 1. The van der Waals surface area contributed by atoms with Crippen molar-refractivity contribution in [1.29, 1.82) is 0 Å². The zero-order valence-corrected chi connectivity index (χ0v) is 26.1. The van der Waals surface area contributed by atoms with Crippen LogP contribution in [0.4, 0.5) is 0 Å². The molecule has 0 spiro atoms. The van der Waals surface area contributed by atoms with Gasteiger partial charge in [0.25, 0.3) is 5.91 Å². The van der Waals surface area contributed by atoms with Crippen LogP contribution in [0.25, 0.3) is 16.9 Å². The normalized spacial score (nSPS) is 29.6. The first-order valence-electron chi connectivity index (χ1n) is 15.3. The maximum absolute atomic E-state index is 14.3. The van der Waals surface area contributed by atoms with Gasteiger partial charge in [0.2, 0.25) is 5.78 Å². The highest BCUT2D eigenvalue weighted by Gasteiger charge is 2.68. The molecule has 244 valence electrons. The molecule has 0 aromatic heterocycles. The molecule has 1 heterocycles. The maximum atomic E-state index is 14.3. The highest BCUT2D eigenvalue weighted by Crippen LogP contribution is 2.57. The summed E-state index contributed by atoms with van der Waals surface area (Å²) < 4.78 is 5.73. The van der Waals surface area contributed by atoms with Crippen molar-refractivity contribution in [3.05, 3.63) is 63.9 Å². The summed E-state index contributed by atoms with van der Waals surface area (Å²) in [6.45, 7) is 4.44. The van der Waals surface area contributed by atoms with Gasteiger partial charge in [-0.05, 0) is 80.8 Å². The van der Waals surface area contributed by atoms with E-state index in [-0.39, 0.29) is 11.3 Å². The molecule has 0 unspecified atom stereocenters. The fraction of sp³-hybridized carbons (Fsp3) is 0.441. The van der Waals surface area contributed by atoms with Crippen LogP contribution in [0.1, 0.15) is 42.4 Å². The van der Waals surface area contributed by atoms with E-state index in [4.69, 9.17) is 10.5 Å². The number of phenolic OH excluding ortho intramolecular Hbond substituents is 1. The van der Waals surface area contributed by atoms with E-state index in [2.05, 4.69) is 4.90 Å². The predicted molar refractivity (Wildman–Crippen MR) is 167 cm³/mol. The minimum Gasteiger partial charge on any atom is -0.508 e. The molecule has 12 nitrogen and oxygen atoms in total. The summed E-state index contributed by atoms with van der Waals surface area (Å²) in [6.07, 6.45) is 0.585. The van der Waals surface area contributed by atoms with Gasteiger partial charge in [-0.15, -0.1) is 0 Å². The van der Waals surface area contributed by atoms with Crippen LogP contribution >= 0.6 is 0 Å². The van der Waals surface area contributed by atoms with Crippen molar-refractivity contribution in [2.75, 3.05) is 34.3 Å². The first-order valence-corrected chi connectivity index (χ1v) is 15.3. The van der Waals surface area contributed by atoms with Gasteiger partial charge in [0, 0.05) is 23.6 Å². The molecular formula is C34H39N3O9. The molecule has 0 bridgehead atoms. The molecule has 12 heteroatoms. The molecule has 4 aliphatic rings. The van der Waals surface area contributed by atoms with Crippen LogP contribution in [0.5, 0.6) is 11.5 Å². The Bertz CT molecular complexity index is 1720. The average Bonchev–Trinajstić information content (AvgIpc) is 3.51. The minimum atomic E-state index is -2.97. The van der Waals surface area contributed by atoms with Crippen molar-refractivity contribution in [2.24, 2.45) is 17.6 Å². The molecule has 2 aromatic rings. The minimum absolute atomic E-state index is 0.0690. The SMILES string of the molecule is COc1ccc(CN2CCCC2)cc1-c1ccc(O)c2c1[C@@H](C)[C@H]1C(=C2O)C(=O)[C@@]2(O)C(O)=C(C(N)=O)C(=O)[C@H](N(C)C)[C@H]2[C@@H]1O. The number of hydrogen-bond donors (Lipinski definition) is 6. The molecule has 3 aliphatic carbocycles. The molecule has 46 heavy (non-hydrogen) atoms. The molecule has 1 aliphatic heterocycles. The van der Waals surface area contributed by atoms with Crippen molar-refractivity contribution in [1.82, 2.24) is 9.80 Å². The smallest absolute Gasteiger partial charge is 0.255 e. The summed E-state index contributed by atoms with van der Waals surface area (Å²) in [7, 11) is 4.49. The van der Waals surface area contributed by atoms with Gasteiger partial charge in [0.1, 0.15) is 28.6 Å². The third-order valence-electron chi connectivity index (χ3n) is 10.3. The number of amides is 1.